The van der Waals surface area contributed by atoms with Crippen molar-refractivity contribution in [3.8, 4) is 5.75 Å². The van der Waals surface area contributed by atoms with Crippen molar-refractivity contribution in [1.29, 1.82) is 0 Å². The molecule has 3 aliphatic rings. The van der Waals surface area contributed by atoms with Gasteiger partial charge in [-0.2, -0.15) is 0 Å². The molecule has 39 heavy (non-hydrogen) atoms. The number of rotatable bonds is 6. The Labute approximate surface area is 228 Å². The maximum absolute atomic E-state index is 13.9. The van der Waals surface area contributed by atoms with Gasteiger partial charge in [0.05, 0.1) is 12.8 Å². The van der Waals surface area contributed by atoms with Gasteiger partial charge in [-0.05, 0) is 62.4 Å². The van der Waals surface area contributed by atoms with Crippen molar-refractivity contribution in [3.63, 3.8) is 0 Å². The molecule has 2 N–H and O–H groups in total. The van der Waals surface area contributed by atoms with Crippen LogP contribution in [-0.4, -0.2) is 76.4 Å². The first-order valence-corrected chi connectivity index (χ1v) is 13.7. The van der Waals surface area contributed by atoms with Crippen LogP contribution in [0.1, 0.15) is 43.5 Å². The van der Waals surface area contributed by atoms with E-state index in [1.54, 1.807) is 25.9 Å². The third-order valence-corrected chi connectivity index (χ3v) is 8.75. The number of fused-ring (bicyclic) bond motifs is 5. The minimum absolute atomic E-state index is 0.0215. The minimum atomic E-state index is -1.19. The number of piperidine rings is 1. The fourth-order valence-electron chi connectivity index (χ4n) is 6.43. The van der Waals surface area contributed by atoms with Crippen molar-refractivity contribution >= 4 is 28.7 Å². The first-order chi connectivity index (χ1) is 18.8. The van der Waals surface area contributed by atoms with E-state index in [4.69, 9.17) is 4.74 Å². The second kappa shape index (κ2) is 9.72. The zero-order valence-electron chi connectivity index (χ0n) is 22.7. The largest absolute Gasteiger partial charge is 0.497 e. The average molecular weight is 530 g/mol. The maximum atomic E-state index is 13.9. The Kier molecular flexibility index (Phi) is 6.33. The van der Waals surface area contributed by atoms with E-state index in [2.05, 4.69) is 27.3 Å². The van der Waals surface area contributed by atoms with Crippen LogP contribution in [0.25, 0.3) is 10.9 Å². The van der Waals surface area contributed by atoms with Crippen molar-refractivity contribution in [2.24, 2.45) is 0 Å². The van der Waals surface area contributed by atoms with Crippen molar-refractivity contribution in [3.05, 3.63) is 65.4 Å². The number of aromatic nitrogens is 1. The number of H-pyrrole nitrogens is 1. The smallest absolute Gasteiger partial charge is 0.328 e. The van der Waals surface area contributed by atoms with Crippen LogP contribution in [-0.2, 0) is 28.1 Å². The average Bonchev–Trinajstić information content (AvgIpc) is 3.42. The number of benzene rings is 2. The molecule has 3 aliphatic heterocycles. The summed E-state index contributed by atoms with van der Waals surface area (Å²) in [6.07, 6.45) is 2.28. The summed E-state index contributed by atoms with van der Waals surface area (Å²) in [4.78, 5) is 49.3. The normalized spacial score (nSPS) is 22.6. The van der Waals surface area contributed by atoms with Crippen molar-refractivity contribution < 1.29 is 19.1 Å². The molecule has 9 nitrogen and oxygen atoms in total. The molecule has 0 spiro atoms. The zero-order chi connectivity index (χ0) is 27.3. The Morgan fingerprint density at radius 1 is 1.13 bits per heavy atom. The Bertz CT molecular complexity index is 1430. The molecule has 4 heterocycles. The summed E-state index contributed by atoms with van der Waals surface area (Å²) >= 11 is 0. The predicted molar refractivity (Wildman–Crippen MR) is 147 cm³/mol. The SMILES string of the molecule is COc1ccc2[nH]c3c(c2c1)CCN1C(=O)N([C@@H](C)C(=O)NC2CCN(Cc4ccccc4)CC2)C(=O)[C@]31C. The lowest BCUT2D eigenvalue weighted by Crippen LogP contribution is -2.53. The molecule has 6 rings (SSSR count). The Morgan fingerprint density at radius 3 is 2.59 bits per heavy atom. The first kappa shape index (κ1) is 25.4. The number of imide groups is 1. The molecule has 9 heteroatoms. The van der Waals surface area contributed by atoms with Gasteiger partial charge in [-0.15, -0.1) is 0 Å². The van der Waals surface area contributed by atoms with Crippen molar-refractivity contribution in [2.75, 3.05) is 26.7 Å². The van der Waals surface area contributed by atoms with E-state index >= 15 is 0 Å². The van der Waals surface area contributed by atoms with E-state index in [0.717, 1.165) is 65.3 Å². The number of nitrogens with zero attached hydrogens (tertiary/aromatic N) is 3. The quantitative estimate of drug-likeness (QED) is 0.477. The lowest BCUT2D eigenvalue weighted by Gasteiger charge is -2.36. The number of aromatic amines is 1. The van der Waals surface area contributed by atoms with Gasteiger partial charge in [0, 0.05) is 43.1 Å². The van der Waals surface area contributed by atoms with Gasteiger partial charge in [0.15, 0.2) is 5.54 Å². The highest BCUT2D eigenvalue weighted by molar-refractivity contribution is 6.11. The molecule has 204 valence electrons. The molecule has 3 aromatic rings. The van der Waals surface area contributed by atoms with E-state index in [0.29, 0.717) is 13.0 Å². The molecule has 2 atom stereocenters. The number of carbonyl (C=O) groups excluding carboxylic acids is 3. The van der Waals surface area contributed by atoms with Gasteiger partial charge < -0.3 is 19.9 Å². The molecular formula is C30H35N5O4. The van der Waals surface area contributed by atoms with Gasteiger partial charge >= 0.3 is 6.03 Å². The van der Waals surface area contributed by atoms with Gasteiger partial charge in [-0.3, -0.25) is 14.5 Å². The molecule has 0 radical (unpaired) electrons. The van der Waals surface area contributed by atoms with Crippen LogP contribution in [0.3, 0.4) is 0 Å². The molecule has 2 saturated heterocycles. The van der Waals surface area contributed by atoms with E-state index in [1.807, 2.05) is 36.4 Å². The van der Waals surface area contributed by atoms with Crippen LogP contribution >= 0.6 is 0 Å². The highest BCUT2D eigenvalue weighted by Gasteiger charge is 2.60. The Morgan fingerprint density at radius 2 is 1.87 bits per heavy atom. The van der Waals surface area contributed by atoms with Crippen molar-refractivity contribution in [1.82, 2.24) is 25.0 Å². The molecule has 0 unspecified atom stereocenters. The lowest BCUT2D eigenvalue weighted by atomic mass is 9.87. The second-order valence-electron chi connectivity index (χ2n) is 11.0. The van der Waals surface area contributed by atoms with Crippen LogP contribution < -0.4 is 10.1 Å². The first-order valence-electron chi connectivity index (χ1n) is 13.7. The number of carbonyl (C=O) groups is 3. The topological polar surface area (TPSA) is 98.0 Å². The highest BCUT2D eigenvalue weighted by Crippen LogP contribution is 2.45. The Hall–Kier alpha value is -3.85. The summed E-state index contributed by atoms with van der Waals surface area (Å²) in [7, 11) is 1.63. The summed E-state index contributed by atoms with van der Waals surface area (Å²) in [5.41, 5.74) is 2.73. The van der Waals surface area contributed by atoms with Gasteiger partial charge in [0.1, 0.15) is 11.8 Å². The molecule has 2 fully saturated rings. The summed E-state index contributed by atoms with van der Waals surface area (Å²) in [5.74, 6) is 0.0825. The second-order valence-corrected chi connectivity index (χ2v) is 11.0. The summed E-state index contributed by atoms with van der Waals surface area (Å²) < 4.78 is 5.40. The number of amides is 4. The third kappa shape index (κ3) is 4.16. The third-order valence-electron chi connectivity index (χ3n) is 8.75. The fraction of sp³-hybridized carbons (Fsp3) is 0.433. The standard InChI is InChI=1S/C30H35N5O4/c1-19(27(36)31-21-11-14-33(15-12-21)18-20-7-5-4-6-8-20)35-28(37)30(2)26-23(13-16-34(30)29(35)38)24-17-22(39-3)9-10-25(24)32-26/h4-10,17,19,21,32H,11-16,18H2,1-3H3,(H,31,36)/t19-,30-/m0/s1. The van der Waals surface area contributed by atoms with Crippen molar-refractivity contribution in [2.45, 2.75) is 57.3 Å². The van der Waals surface area contributed by atoms with E-state index < -0.39 is 17.6 Å². The summed E-state index contributed by atoms with van der Waals surface area (Å²) in [6.45, 7) is 6.50. The van der Waals surface area contributed by atoms with E-state index in [1.165, 1.54) is 5.56 Å². The van der Waals surface area contributed by atoms with Gasteiger partial charge in [-0.1, -0.05) is 30.3 Å². The van der Waals surface area contributed by atoms with Crippen LogP contribution in [0, 0.1) is 0 Å². The van der Waals surface area contributed by atoms with Crippen LogP contribution in [0.15, 0.2) is 48.5 Å². The van der Waals surface area contributed by atoms with Gasteiger partial charge in [0.2, 0.25) is 5.91 Å². The molecule has 2 aromatic carbocycles. The van der Waals surface area contributed by atoms with Crippen LogP contribution in [0.4, 0.5) is 4.79 Å². The molecule has 0 bridgehead atoms. The molecule has 0 saturated carbocycles. The zero-order valence-corrected chi connectivity index (χ0v) is 22.7. The maximum Gasteiger partial charge on any atom is 0.328 e. The fourth-order valence-corrected chi connectivity index (χ4v) is 6.43. The lowest BCUT2D eigenvalue weighted by molar-refractivity contribution is -0.139. The van der Waals surface area contributed by atoms with Crippen LogP contribution in [0.2, 0.25) is 0 Å². The summed E-state index contributed by atoms with van der Waals surface area (Å²) in [6, 6.07) is 14.8. The number of ether oxygens (including phenoxy) is 1. The number of likely N-dealkylation sites (tertiary alicyclic amines) is 1. The number of hydrogen-bond donors (Lipinski definition) is 2. The molecule has 1 aromatic heterocycles. The highest BCUT2D eigenvalue weighted by atomic mass is 16.5. The minimum Gasteiger partial charge on any atom is -0.497 e. The number of hydrogen-bond acceptors (Lipinski definition) is 5. The predicted octanol–water partition coefficient (Wildman–Crippen LogP) is 3.38. The van der Waals surface area contributed by atoms with Gasteiger partial charge in [0.25, 0.3) is 5.91 Å². The number of urea groups is 1. The van der Waals surface area contributed by atoms with Crippen LogP contribution in [0.5, 0.6) is 5.75 Å². The number of nitrogens with one attached hydrogen (secondary N) is 2. The summed E-state index contributed by atoms with van der Waals surface area (Å²) in [5, 5.41) is 4.11. The van der Waals surface area contributed by atoms with E-state index in [-0.39, 0.29) is 17.9 Å². The van der Waals surface area contributed by atoms with E-state index in [9.17, 15) is 14.4 Å². The number of methoxy groups -OCH3 is 1. The molecule has 0 aliphatic carbocycles. The monoisotopic (exact) mass is 529 g/mol. The molecular weight excluding hydrogens is 494 g/mol. The van der Waals surface area contributed by atoms with Gasteiger partial charge in [-0.25, -0.2) is 9.69 Å². The Balaban J connectivity index is 1.15. The molecule has 4 amide bonds.